The van der Waals surface area contributed by atoms with Gasteiger partial charge in [0.15, 0.2) is 11.5 Å². The van der Waals surface area contributed by atoms with Crippen molar-refractivity contribution in [3.05, 3.63) is 35.4 Å². The third kappa shape index (κ3) is 3.76. The molecule has 1 aromatic carbocycles. The molecule has 3 atom stereocenters. The summed E-state index contributed by atoms with van der Waals surface area (Å²) in [6, 6.07) is 4.09. The molecule has 1 aromatic rings. The van der Waals surface area contributed by atoms with Crippen LogP contribution in [0.5, 0.6) is 11.5 Å². The zero-order chi connectivity index (χ0) is 20.8. The lowest BCUT2D eigenvalue weighted by molar-refractivity contribution is -0.122. The summed E-state index contributed by atoms with van der Waals surface area (Å²) in [5.41, 5.74) is 1.97. The van der Waals surface area contributed by atoms with E-state index in [1.54, 1.807) is 7.11 Å². The van der Waals surface area contributed by atoms with Crippen molar-refractivity contribution in [1.82, 2.24) is 10.2 Å². The van der Waals surface area contributed by atoms with Crippen LogP contribution in [0.15, 0.2) is 24.3 Å². The first-order valence-electron chi connectivity index (χ1n) is 10.5. The molecule has 1 spiro atoms. The second-order valence-corrected chi connectivity index (χ2v) is 9.51. The summed E-state index contributed by atoms with van der Waals surface area (Å²) in [5.74, 6) is 1.65. The molecule has 4 rings (SSSR count). The second-order valence-electron chi connectivity index (χ2n) is 9.51. The average molecular weight is 401 g/mol. The highest BCUT2D eigenvalue weighted by atomic mass is 16.5. The molecule has 0 saturated heterocycles. The van der Waals surface area contributed by atoms with Gasteiger partial charge >= 0.3 is 0 Å². The minimum atomic E-state index is -0.477. The molecule has 2 aliphatic heterocycles. The summed E-state index contributed by atoms with van der Waals surface area (Å²) >= 11 is 0. The SMILES string of the molecule is COc1ccc2c3c1O[C@@H]1C[C@H](O)C=CC31CCN(CCC(=O)NC(C)(C)C)C2. The van der Waals surface area contributed by atoms with Gasteiger partial charge in [0.05, 0.1) is 18.6 Å². The Labute approximate surface area is 172 Å². The van der Waals surface area contributed by atoms with Crippen LogP contribution in [0.3, 0.4) is 0 Å². The highest BCUT2D eigenvalue weighted by Gasteiger charge is 2.52. The minimum Gasteiger partial charge on any atom is -0.493 e. The summed E-state index contributed by atoms with van der Waals surface area (Å²) in [7, 11) is 1.66. The van der Waals surface area contributed by atoms with Gasteiger partial charge in [-0.3, -0.25) is 9.69 Å². The molecule has 1 amide bonds. The lowest BCUT2D eigenvalue weighted by Gasteiger charge is -2.36. The molecular formula is C23H32N2O4. The molecule has 2 heterocycles. The van der Waals surface area contributed by atoms with Crippen molar-refractivity contribution in [2.24, 2.45) is 0 Å². The zero-order valence-electron chi connectivity index (χ0n) is 17.8. The number of nitrogens with one attached hydrogen (secondary N) is 1. The summed E-state index contributed by atoms with van der Waals surface area (Å²) in [4.78, 5) is 14.7. The van der Waals surface area contributed by atoms with E-state index < -0.39 is 6.10 Å². The maximum Gasteiger partial charge on any atom is 0.221 e. The molecule has 0 fully saturated rings. The van der Waals surface area contributed by atoms with Crippen LogP contribution in [0, 0.1) is 0 Å². The Balaban J connectivity index is 1.60. The van der Waals surface area contributed by atoms with Gasteiger partial charge in [-0.05, 0) is 45.4 Å². The van der Waals surface area contributed by atoms with Gasteiger partial charge in [0.1, 0.15) is 6.10 Å². The van der Waals surface area contributed by atoms with E-state index in [0.717, 1.165) is 37.6 Å². The fourth-order valence-corrected chi connectivity index (χ4v) is 4.93. The van der Waals surface area contributed by atoms with Gasteiger partial charge in [-0.2, -0.15) is 0 Å². The first-order valence-corrected chi connectivity index (χ1v) is 10.5. The van der Waals surface area contributed by atoms with Crippen molar-refractivity contribution in [3.63, 3.8) is 0 Å². The fraction of sp³-hybridized carbons (Fsp3) is 0.609. The predicted molar refractivity (Wildman–Crippen MR) is 111 cm³/mol. The van der Waals surface area contributed by atoms with Crippen LogP contribution in [0.4, 0.5) is 0 Å². The average Bonchev–Trinajstić information content (AvgIpc) is 2.88. The van der Waals surface area contributed by atoms with Crippen LogP contribution < -0.4 is 14.8 Å². The highest BCUT2D eigenvalue weighted by molar-refractivity contribution is 5.76. The number of benzene rings is 1. The number of hydrogen-bond donors (Lipinski definition) is 2. The van der Waals surface area contributed by atoms with Gasteiger partial charge in [0, 0.05) is 37.0 Å². The Hall–Kier alpha value is -2.05. The van der Waals surface area contributed by atoms with E-state index in [1.807, 2.05) is 32.9 Å². The van der Waals surface area contributed by atoms with E-state index in [9.17, 15) is 9.90 Å². The molecule has 0 radical (unpaired) electrons. The molecule has 0 bridgehead atoms. The number of carbonyl (C=O) groups is 1. The number of rotatable bonds is 4. The first kappa shape index (κ1) is 20.2. The summed E-state index contributed by atoms with van der Waals surface area (Å²) in [6.07, 6.45) is 5.46. The molecule has 1 unspecified atom stereocenters. The summed E-state index contributed by atoms with van der Waals surface area (Å²) in [6.45, 7) is 8.38. The third-order valence-electron chi connectivity index (χ3n) is 6.20. The standard InChI is InChI=1S/C23H32N2O4/c1-22(2,3)24-19(27)8-11-25-12-10-23-9-7-16(26)13-18(23)29-21-17(28-4)6-5-15(14-25)20(21)23/h5-7,9,16,18,26H,8,10-14H2,1-4H3,(H,24,27)/t16-,18-,23?/m1/s1. The minimum absolute atomic E-state index is 0.0843. The van der Waals surface area contributed by atoms with Crippen LogP contribution in [-0.2, 0) is 16.8 Å². The van der Waals surface area contributed by atoms with Crippen LogP contribution in [0.1, 0.15) is 51.2 Å². The number of ether oxygens (including phenoxy) is 2. The number of aliphatic hydroxyl groups excluding tert-OH is 1. The predicted octanol–water partition coefficient (Wildman–Crippen LogP) is 2.53. The molecular weight excluding hydrogens is 368 g/mol. The third-order valence-corrected chi connectivity index (χ3v) is 6.20. The number of aliphatic hydroxyl groups is 1. The Kier molecular flexibility index (Phi) is 5.11. The number of nitrogens with zero attached hydrogens (tertiary/aromatic N) is 1. The lowest BCUT2D eigenvalue weighted by atomic mass is 9.69. The molecule has 2 N–H and O–H groups in total. The van der Waals surface area contributed by atoms with Crippen molar-refractivity contribution < 1.29 is 19.4 Å². The molecule has 1 aliphatic carbocycles. The van der Waals surface area contributed by atoms with Crippen molar-refractivity contribution in [2.45, 2.75) is 69.7 Å². The molecule has 0 saturated carbocycles. The molecule has 158 valence electrons. The Morgan fingerprint density at radius 2 is 2.21 bits per heavy atom. The first-order chi connectivity index (χ1) is 13.7. The van der Waals surface area contributed by atoms with Gasteiger partial charge in [-0.15, -0.1) is 0 Å². The maximum absolute atomic E-state index is 12.3. The van der Waals surface area contributed by atoms with Crippen LogP contribution in [0.2, 0.25) is 0 Å². The van der Waals surface area contributed by atoms with E-state index in [4.69, 9.17) is 9.47 Å². The second kappa shape index (κ2) is 7.33. The normalized spacial score (nSPS) is 28.2. The number of amides is 1. The van der Waals surface area contributed by atoms with E-state index in [-0.39, 0.29) is 23.0 Å². The van der Waals surface area contributed by atoms with E-state index >= 15 is 0 Å². The Bertz CT molecular complexity index is 829. The number of hydrogen-bond acceptors (Lipinski definition) is 5. The highest BCUT2D eigenvalue weighted by Crippen LogP contribution is 2.55. The van der Waals surface area contributed by atoms with Crippen molar-refractivity contribution in [2.75, 3.05) is 20.2 Å². The quantitative estimate of drug-likeness (QED) is 0.760. The van der Waals surface area contributed by atoms with Crippen LogP contribution >= 0.6 is 0 Å². The Morgan fingerprint density at radius 1 is 1.41 bits per heavy atom. The number of methoxy groups -OCH3 is 1. The van der Waals surface area contributed by atoms with E-state index in [2.05, 4.69) is 22.4 Å². The van der Waals surface area contributed by atoms with Crippen molar-refractivity contribution in [1.29, 1.82) is 0 Å². The van der Waals surface area contributed by atoms with Gasteiger partial charge in [0.2, 0.25) is 5.91 Å². The summed E-state index contributed by atoms with van der Waals surface area (Å²) in [5, 5.41) is 13.2. The van der Waals surface area contributed by atoms with Crippen LogP contribution in [0.25, 0.3) is 0 Å². The smallest absolute Gasteiger partial charge is 0.221 e. The van der Waals surface area contributed by atoms with Gasteiger partial charge in [0.25, 0.3) is 0 Å². The lowest BCUT2D eigenvalue weighted by Crippen LogP contribution is -2.43. The molecule has 6 nitrogen and oxygen atoms in total. The number of carbonyl (C=O) groups excluding carboxylic acids is 1. The molecule has 3 aliphatic rings. The molecule has 6 heteroatoms. The maximum atomic E-state index is 12.3. The molecule has 29 heavy (non-hydrogen) atoms. The monoisotopic (exact) mass is 400 g/mol. The van der Waals surface area contributed by atoms with Crippen molar-refractivity contribution >= 4 is 5.91 Å². The van der Waals surface area contributed by atoms with Crippen molar-refractivity contribution in [3.8, 4) is 11.5 Å². The molecule has 0 aromatic heterocycles. The van der Waals surface area contributed by atoms with Gasteiger partial charge in [-0.25, -0.2) is 0 Å². The van der Waals surface area contributed by atoms with E-state index in [0.29, 0.717) is 12.8 Å². The van der Waals surface area contributed by atoms with Crippen LogP contribution in [-0.4, -0.2) is 53.9 Å². The van der Waals surface area contributed by atoms with E-state index in [1.165, 1.54) is 11.1 Å². The Morgan fingerprint density at radius 3 is 2.93 bits per heavy atom. The summed E-state index contributed by atoms with van der Waals surface area (Å²) < 4.78 is 11.9. The largest absolute Gasteiger partial charge is 0.493 e. The van der Waals surface area contributed by atoms with Gasteiger partial charge < -0.3 is 19.9 Å². The zero-order valence-corrected chi connectivity index (χ0v) is 17.8. The topological polar surface area (TPSA) is 71.0 Å². The fourth-order valence-electron chi connectivity index (χ4n) is 4.93. The van der Waals surface area contributed by atoms with Gasteiger partial charge in [-0.1, -0.05) is 18.2 Å².